The molecule has 1 rings (SSSR count). The summed E-state index contributed by atoms with van der Waals surface area (Å²) in [6.45, 7) is -0.0382. The van der Waals surface area contributed by atoms with Crippen LogP contribution in [0.15, 0.2) is 24.3 Å². The molecule has 0 N–H and O–H groups in total. The second-order valence-electron chi connectivity index (χ2n) is 4.06. The van der Waals surface area contributed by atoms with Crippen LogP contribution in [0.1, 0.15) is 31.2 Å². The molecule has 0 saturated carbocycles. The zero-order chi connectivity index (χ0) is 13.4. The molecule has 5 heteroatoms. The van der Waals surface area contributed by atoms with Crippen molar-refractivity contribution in [2.75, 3.05) is 6.61 Å². The van der Waals surface area contributed by atoms with Crippen LogP contribution in [0.3, 0.4) is 0 Å². The van der Waals surface area contributed by atoms with Gasteiger partial charge in [0, 0.05) is 0 Å². The van der Waals surface area contributed by atoms with Crippen molar-refractivity contribution in [1.82, 2.24) is 0 Å². The van der Waals surface area contributed by atoms with Crippen LogP contribution in [0, 0.1) is 0 Å². The molecule has 0 atom stereocenters. The summed E-state index contributed by atoms with van der Waals surface area (Å²) in [7, 11) is 0. The van der Waals surface area contributed by atoms with Crippen LogP contribution < -0.4 is 4.74 Å². The molecule has 1 aromatic carbocycles. The van der Waals surface area contributed by atoms with E-state index in [2.05, 4.69) is 4.74 Å². The highest BCUT2D eigenvalue weighted by Gasteiger charge is 2.30. The van der Waals surface area contributed by atoms with Gasteiger partial charge in [0.2, 0.25) is 0 Å². The Balaban J connectivity index is 2.32. The Labute approximate surface area is 104 Å². The lowest BCUT2D eigenvalue weighted by molar-refractivity contribution is -0.274. The Bertz CT molecular complexity index is 333. The summed E-state index contributed by atoms with van der Waals surface area (Å²) in [5.74, 6) is -0.197. The lowest BCUT2D eigenvalue weighted by Gasteiger charge is -2.09. The molecule has 1 aromatic rings. The van der Waals surface area contributed by atoms with Gasteiger partial charge in [-0.15, -0.1) is 13.2 Å². The summed E-state index contributed by atoms with van der Waals surface area (Å²) >= 11 is 0. The first kappa shape index (κ1) is 14.8. The predicted molar refractivity (Wildman–Crippen MR) is 60.9 cm³/mol. The molecule has 0 aliphatic heterocycles. The van der Waals surface area contributed by atoms with Gasteiger partial charge in [-0.1, -0.05) is 25.0 Å². The Kier molecular flexibility index (Phi) is 5.98. The van der Waals surface area contributed by atoms with E-state index in [-0.39, 0.29) is 12.4 Å². The fraction of sp³-hybridized carbons (Fsp3) is 0.538. The van der Waals surface area contributed by atoms with Crippen molar-refractivity contribution in [2.45, 2.75) is 38.5 Å². The van der Waals surface area contributed by atoms with Crippen molar-refractivity contribution >= 4 is 0 Å². The molecule has 0 fully saturated rings. The monoisotopic (exact) mass is 261 g/mol. The Morgan fingerprint density at radius 3 is 2.11 bits per heavy atom. The molecule has 0 spiro atoms. The van der Waals surface area contributed by atoms with Crippen LogP contribution in [0.25, 0.3) is 0 Å². The van der Waals surface area contributed by atoms with Gasteiger partial charge in [0.05, 0.1) is 6.61 Å². The maximum absolute atomic E-state index is 11.9. The van der Waals surface area contributed by atoms with Gasteiger partial charge in [-0.05, 0) is 37.0 Å². The molecule has 0 aromatic heterocycles. The van der Waals surface area contributed by atoms with Crippen molar-refractivity contribution in [2.24, 2.45) is 0 Å². The third-order valence-electron chi connectivity index (χ3n) is 2.52. The predicted octanol–water partition coefficient (Wildman–Crippen LogP) is 4.12. The van der Waals surface area contributed by atoms with Crippen LogP contribution in [-0.2, 0) is 11.5 Å². The largest absolute Gasteiger partial charge is 0.573 e. The maximum Gasteiger partial charge on any atom is 0.573 e. The van der Waals surface area contributed by atoms with Crippen molar-refractivity contribution in [3.8, 4) is 5.75 Å². The molecule has 1 radical (unpaired) electrons. The summed E-state index contributed by atoms with van der Waals surface area (Å²) < 4.78 is 39.5. The average Bonchev–Trinajstić information content (AvgIpc) is 2.29. The molecule has 0 heterocycles. The van der Waals surface area contributed by atoms with E-state index in [1.807, 2.05) is 0 Å². The third-order valence-corrected chi connectivity index (χ3v) is 2.52. The second-order valence-corrected chi connectivity index (χ2v) is 4.06. The number of hydrogen-bond acceptors (Lipinski definition) is 1. The molecule has 18 heavy (non-hydrogen) atoms. The number of unbranched alkanes of at least 4 members (excludes halogenated alkanes) is 3. The van der Waals surface area contributed by atoms with E-state index in [0.717, 1.165) is 31.2 Å². The summed E-state index contributed by atoms with van der Waals surface area (Å²) in [6.07, 6.45) is -0.301. The highest BCUT2D eigenvalue weighted by Crippen LogP contribution is 2.23. The molecular weight excluding hydrogens is 245 g/mol. The van der Waals surface area contributed by atoms with E-state index in [0.29, 0.717) is 6.42 Å². The van der Waals surface area contributed by atoms with Crippen LogP contribution in [0.5, 0.6) is 5.75 Å². The number of hydrogen-bond donors (Lipinski definition) is 0. The van der Waals surface area contributed by atoms with E-state index in [4.69, 9.17) is 0 Å². The van der Waals surface area contributed by atoms with Gasteiger partial charge in [-0.25, -0.2) is 5.11 Å². The quantitative estimate of drug-likeness (QED) is 0.679. The Hall–Kier alpha value is -1.23. The summed E-state index contributed by atoms with van der Waals surface area (Å²) in [6, 6.07) is 5.91. The smallest absolute Gasteiger partial charge is 0.406 e. The molecule has 0 bridgehead atoms. The summed E-state index contributed by atoms with van der Waals surface area (Å²) in [5.41, 5.74) is 0.978. The van der Waals surface area contributed by atoms with Crippen LogP contribution >= 0.6 is 0 Å². The van der Waals surface area contributed by atoms with E-state index in [1.54, 1.807) is 12.1 Å². The van der Waals surface area contributed by atoms with Gasteiger partial charge >= 0.3 is 6.36 Å². The topological polar surface area (TPSA) is 29.1 Å². The van der Waals surface area contributed by atoms with Crippen LogP contribution in [0.2, 0.25) is 0 Å². The summed E-state index contributed by atoms with van der Waals surface area (Å²) in [5, 5.41) is 10.2. The maximum atomic E-state index is 11.9. The van der Waals surface area contributed by atoms with E-state index >= 15 is 0 Å². The highest BCUT2D eigenvalue weighted by molar-refractivity contribution is 5.27. The third kappa shape index (κ3) is 6.49. The van der Waals surface area contributed by atoms with Crippen molar-refractivity contribution in [3.05, 3.63) is 29.8 Å². The second kappa shape index (κ2) is 7.26. The Morgan fingerprint density at radius 2 is 1.56 bits per heavy atom. The fourth-order valence-corrected chi connectivity index (χ4v) is 1.64. The number of aryl methyl sites for hydroxylation is 1. The molecular formula is C13H16F3O2. The van der Waals surface area contributed by atoms with Crippen LogP contribution in [-0.4, -0.2) is 13.0 Å². The van der Waals surface area contributed by atoms with Crippen LogP contribution in [0.4, 0.5) is 13.2 Å². The van der Waals surface area contributed by atoms with E-state index < -0.39 is 6.36 Å². The number of ether oxygens (including phenoxy) is 1. The van der Waals surface area contributed by atoms with E-state index in [1.165, 1.54) is 12.1 Å². The van der Waals surface area contributed by atoms with Gasteiger partial charge < -0.3 is 4.74 Å². The zero-order valence-electron chi connectivity index (χ0n) is 10.0. The van der Waals surface area contributed by atoms with Gasteiger partial charge in [0.1, 0.15) is 5.75 Å². The van der Waals surface area contributed by atoms with Crippen molar-refractivity contribution in [1.29, 1.82) is 0 Å². The molecule has 0 amide bonds. The normalized spacial score (nSPS) is 11.6. The molecule has 0 unspecified atom stereocenters. The minimum absolute atomic E-state index is 0.0382. The molecule has 0 saturated heterocycles. The van der Waals surface area contributed by atoms with E-state index in [9.17, 15) is 18.3 Å². The molecule has 0 aliphatic rings. The first-order valence-electron chi connectivity index (χ1n) is 5.94. The SMILES string of the molecule is [O]CCCCCCc1ccc(OC(F)(F)F)cc1. The van der Waals surface area contributed by atoms with Gasteiger partial charge in [-0.2, -0.15) is 0 Å². The number of halogens is 3. The average molecular weight is 261 g/mol. The lowest BCUT2D eigenvalue weighted by Crippen LogP contribution is -2.17. The minimum Gasteiger partial charge on any atom is -0.406 e. The first-order chi connectivity index (χ1) is 8.51. The van der Waals surface area contributed by atoms with Gasteiger partial charge in [-0.3, -0.25) is 0 Å². The molecule has 2 nitrogen and oxygen atoms in total. The minimum atomic E-state index is -4.64. The standard InChI is InChI=1S/C13H16F3O2/c14-13(15,16)18-12-8-6-11(7-9-12)5-3-1-2-4-10-17/h6-9H,1-5,10H2. The van der Waals surface area contributed by atoms with Crippen molar-refractivity contribution < 1.29 is 23.0 Å². The highest BCUT2D eigenvalue weighted by atomic mass is 19.4. The van der Waals surface area contributed by atoms with Gasteiger partial charge in [0.25, 0.3) is 0 Å². The van der Waals surface area contributed by atoms with Gasteiger partial charge in [0.15, 0.2) is 0 Å². The molecule has 0 aliphatic carbocycles. The Morgan fingerprint density at radius 1 is 0.944 bits per heavy atom. The summed E-state index contributed by atoms with van der Waals surface area (Å²) in [4.78, 5) is 0. The number of benzene rings is 1. The zero-order valence-corrected chi connectivity index (χ0v) is 10.0. The fourth-order valence-electron chi connectivity index (χ4n) is 1.64. The first-order valence-corrected chi connectivity index (χ1v) is 5.94. The lowest BCUT2D eigenvalue weighted by atomic mass is 10.1. The number of alkyl halides is 3. The van der Waals surface area contributed by atoms with Crippen molar-refractivity contribution in [3.63, 3.8) is 0 Å². The number of rotatable bonds is 7. The molecule has 101 valence electrons.